The van der Waals surface area contributed by atoms with Crippen LogP contribution in [0.3, 0.4) is 0 Å². The molecule has 1 spiro atoms. The normalized spacial score (nSPS) is 18.6. The average molecular weight is 341 g/mol. The number of benzene rings is 1. The molecule has 3 N–H and O–H groups in total. The van der Waals surface area contributed by atoms with Gasteiger partial charge >= 0.3 is 6.03 Å². The van der Waals surface area contributed by atoms with Crippen LogP contribution in [0, 0.1) is 11.3 Å². The second-order valence-electron chi connectivity index (χ2n) is 6.29. The van der Waals surface area contributed by atoms with E-state index >= 15 is 0 Å². The fraction of sp³-hybridized carbons (Fsp3) is 0.412. The predicted molar refractivity (Wildman–Crippen MR) is 89.0 cm³/mol. The molecule has 0 radical (unpaired) electrons. The molecule has 4 amide bonds. The van der Waals surface area contributed by atoms with Crippen molar-refractivity contribution in [1.82, 2.24) is 15.8 Å². The van der Waals surface area contributed by atoms with E-state index in [4.69, 9.17) is 5.26 Å². The maximum absolute atomic E-state index is 12.6. The number of nitrogens with zero attached hydrogens (tertiary/aromatic N) is 2. The molecule has 0 aromatic heterocycles. The van der Waals surface area contributed by atoms with Crippen molar-refractivity contribution in [3.63, 3.8) is 0 Å². The molecule has 25 heavy (non-hydrogen) atoms. The SMILES string of the molecule is N#Cc1cccc(NCC(=O)NN2C(=O)NC3(CCCCC3)C2=O)c1. The summed E-state index contributed by atoms with van der Waals surface area (Å²) < 4.78 is 0. The molecule has 1 aliphatic carbocycles. The smallest absolute Gasteiger partial charge is 0.344 e. The molecule has 0 bridgehead atoms. The monoisotopic (exact) mass is 341 g/mol. The highest BCUT2D eigenvalue weighted by atomic mass is 16.2. The van der Waals surface area contributed by atoms with Gasteiger partial charge in [0.1, 0.15) is 5.54 Å². The van der Waals surface area contributed by atoms with E-state index in [1.165, 1.54) is 0 Å². The number of amides is 4. The van der Waals surface area contributed by atoms with Gasteiger partial charge in [0.15, 0.2) is 0 Å². The fourth-order valence-corrected chi connectivity index (χ4v) is 3.26. The molecule has 1 aliphatic heterocycles. The van der Waals surface area contributed by atoms with Crippen LogP contribution in [0.2, 0.25) is 0 Å². The Morgan fingerprint density at radius 3 is 2.76 bits per heavy atom. The number of nitrogens with one attached hydrogen (secondary N) is 3. The van der Waals surface area contributed by atoms with Crippen LogP contribution < -0.4 is 16.1 Å². The number of hydrazine groups is 1. The zero-order valence-electron chi connectivity index (χ0n) is 13.7. The summed E-state index contributed by atoms with van der Waals surface area (Å²) in [5, 5.41) is 15.2. The Hall–Kier alpha value is -3.08. The van der Waals surface area contributed by atoms with Crippen LogP contribution in [-0.4, -0.2) is 34.9 Å². The summed E-state index contributed by atoms with van der Waals surface area (Å²) in [7, 11) is 0. The third-order valence-electron chi connectivity index (χ3n) is 4.55. The van der Waals surface area contributed by atoms with E-state index in [1.807, 2.05) is 6.07 Å². The Labute approximate surface area is 145 Å². The first-order valence-corrected chi connectivity index (χ1v) is 8.24. The molecule has 2 aliphatic rings. The zero-order chi connectivity index (χ0) is 17.9. The second kappa shape index (κ2) is 6.81. The number of hydrogen-bond acceptors (Lipinski definition) is 5. The minimum atomic E-state index is -0.864. The number of imide groups is 1. The Kier molecular flexibility index (Phi) is 4.57. The van der Waals surface area contributed by atoms with Gasteiger partial charge in [-0.25, -0.2) is 4.79 Å². The molecule has 3 rings (SSSR count). The van der Waals surface area contributed by atoms with Crippen molar-refractivity contribution in [3.05, 3.63) is 29.8 Å². The quantitative estimate of drug-likeness (QED) is 0.713. The van der Waals surface area contributed by atoms with Gasteiger partial charge in [-0.05, 0) is 31.0 Å². The fourth-order valence-electron chi connectivity index (χ4n) is 3.26. The molecule has 0 unspecified atom stereocenters. The first kappa shape index (κ1) is 16.8. The molecular weight excluding hydrogens is 322 g/mol. The van der Waals surface area contributed by atoms with Crippen molar-refractivity contribution in [2.24, 2.45) is 0 Å². The summed E-state index contributed by atoms with van der Waals surface area (Å²) in [4.78, 5) is 36.7. The third kappa shape index (κ3) is 3.40. The van der Waals surface area contributed by atoms with Gasteiger partial charge in [-0.3, -0.25) is 15.0 Å². The topological polar surface area (TPSA) is 114 Å². The van der Waals surface area contributed by atoms with Crippen molar-refractivity contribution in [2.75, 3.05) is 11.9 Å². The molecule has 1 aromatic carbocycles. The van der Waals surface area contributed by atoms with Crippen molar-refractivity contribution < 1.29 is 14.4 Å². The number of carbonyl (C=O) groups excluding carboxylic acids is 3. The van der Waals surface area contributed by atoms with E-state index in [9.17, 15) is 14.4 Å². The van der Waals surface area contributed by atoms with Gasteiger partial charge in [0.05, 0.1) is 18.2 Å². The van der Waals surface area contributed by atoms with Gasteiger partial charge < -0.3 is 10.6 Å². The van der Waals surface area contributed by atoms with Gasteiger partial charge in [-0.1, -0.05) is 25.3 Å². The molecule has 1 heterocycles. The molecular formula is C17H19N5O3. The Bertz CT molecular complexity index is 749. The van der Waals surface area contributed by atoms with E-state index in [0.29, 0.717) is 24.1 Å². The van der Waals surface area contributed by atoms with Gasteiger partial charge in [0.2, 0.25) is 0 Å². The summed E-state index contributed by atoms with van der Waals surface area (Å²) >= 11 is 0. The molecule has 0 atom stereocenters. The summed E-state index contributed by atoms with van der Waals surface area (Å²) in [5.74, 6) is -0.907. The Morgan fingerprint density at radius 1 is 1.28 bits per heavy atom. The lowest BCUT2D eigenvalue weighted by molar-refractivity contribution is -0.139. The van der Waals surface area contributed by atoms with E-state index in [0.717, 1.165) is 24.3 Å². The van der Waals surface area contributed by atoms with Crippen LogP contribution in [0.1, 0.15) is 37.7 Å². The van der Waals surface area contributed by atoms with Crippen molar-refractivity contribution in [2.45, 2.75) is 37.6 Å². The van der Waals surface area contributed by atoms with Crippen LogP contribution in [0.4, 0.5) is 10.5 Å². The largest absolute Gasteiger partial charge is 0.376 e. The predicted octanol–water partition coefficient (Wildman–Crippen LogP) is 1.26. The number of carbonyl (C=O) groups is 3. The third-order valence-corrected chi connectivity index (χ3v) is 4.55. The van der Waals surface area contributed by atoms with Gasteiger partial charge in [-0.2, -0.15) is 10.3 Å². The summed E-state index contributed by atoms with van der Waals surface area (Å²) in [5.41, 5.74) is 2.57. The van der Waals surface area contributed by atoms with Crippen LogP contribution in [0.5, 0.6) is 0 Å². The molecule has 130 valence electrons. The second-order valence-corrected chi connectivity index (χ2v) is 6.29. The lowest BCUT2D eigenvalue weighted by atomic mass is 9.82. The molecule has 1 saturated heterocycles. The molecule has 8 heteroatoms. The maximum atomic E-state index is 12.6. The van der Waals surface area contributed by atoms with Crippen molar-refractivity contribution in [3.8, 4) is 6.07 Å². The molecule has 8 nitrogen and oxygen atoms in total. The molecule has 2 fully saturated rings. The van der Waals surface area contributed by atoms with Gasteiger partial charge in [0, 0.05) is 5.69 Å². The molecule has 1 aromatic rings. The van der Waals surface area contributed by atoms with E-state index < -0.39 is 23.4 Å². The summed E-state index contributed by atoms with van der Waals surface area (Å²) in [6, 6.07) is 8.10. The lowest BCUT2D eigenvalue weighted by Crippen LogP contribution is -2.51. The highest BCUT2D eigenvalue weighted by Gasteiger charge is 2.52. The maximum Gasteiger partial charge on any atom is 0.344 e. The lowest BCUT2D eigenvalue weighted by Gasteiger charge is -2.30. The first-order valence-electron chi connectivity index (χ1n) is 8.24. The number of anilines is 1. The number of urea groups is 1. The molecule has 1 saturated carbocycles. The standard InChI is InChI=1S/C17H19N5O3/c18-10-12-5-4-6-13(9-12)19-11-14(23)21-22-15(24)17(20-16(22)25)7-2-1-3-8-17/h4-6,9,19H,1-3,7-8,11H2,(H,20,25)(H,21,23). The summed E-state index contributed by atoms with van der Waals surface area (Å²) in [6.45, 7) is -0.126. The van der Waals surface area contributed by atoms with E-state index in [1.54, 1.807) is 24.3 Å². The zero-order valence-corrected chi connectivity index (χ0v) is 13.7. The Morgan fingerprint density at radius 2 is 2.04 bits per heavy atom. The number of rotatable bonds is 4. The van der Waals surface area contributed by atoms with Crippen LogP contribution >= 0.6 is 0 Å². The van der Waals surface area contributed by atoms with Crippen molar-refractivity contribution >= 4 is 23.5 Å². The van der Waals surface area contributed by atoms with E-state index in [-0.39, 0.29) is 6.54 Å². The van der Waals surface area contributed by atoms with Crippen LogP contribution in [0.15, 0.2) is 24.3 Å². The van der Waals surface area contributed by atoms with E-state index in [2.05, 4.69) is 16.1 Å². The number of nitriles is 1. The minimum absolute atomic E-state index is 0.126. The minimum Gasteiger partial charge on any atom is -0.376 e. The highest BCUT2D eigenvalue weighted by molar-refractivity contribution is 6.08. The summed E-state index contributed by atoms with van der Waals surface area (Å²) in [6.07, 6.45) is 4.00. The van der Waals surface area contributed by atoms with Crippen LogP contribution in [-0.2, 0) is 9.59 Å². The Balaban J connectivity index is 1.58. The highest BCUT2D eigenvalue weighted by Crippen LogP contribution is 2.32. The average Bonchev–Trinajstić information content (AvgIpc) is 2.85. The van der Waals surface area contributed by atoms with Crippen molar-refractivity contribution in [1.29, 1.82) is 5.26 Å². The van der Waals surface area contributed by atoms with Crippen LogP contribution in [0.25, 0.3) is 0 Å². The van der Waals surface area contributed by atoms with Gasteiger partial charge in [0.25, 0.3) is 11.8 Å². The van der Waals surface area contributed by atoms with Gasteiger partial charge in [-0.15, -0.1) is 0 Å². The first-order chi connectivity index (χ1) is 12.0. The number of hydrogen-bond donors (Lipinski definition) is 3.